The minimum atomic E-state index is -4.92. The van der Waals surface area contributed by atoms with Crippen LogP contribution in [0.1, 0.15) is 61.6 Å². The van der Waals surface area contributed by atoms with Crippen molar-refractivity contribution in [3.63, 3.8) is 0 Å². The Morgan fingerprint density at radius 1 is 1.03 bits per heavy atom. The molecule has 0 bridgehead atoms. The molecule has 0 aliphatic heterocycles. The average Bonchev–Trinajstić information content (AvgIpc) is 2.73. The van der Waals surface area contributed by atoms with Crippen LogP contribution in [0.3, 0.4) is 0 Å². The van der Waals surface area contributed by atoms with Crippen molar-refractivity contribution in [2.75, 3.05) is 0 Å². The highest BCUT2D eigenvalue weighted by Crippen LogP contribution is 2.36. The van der Waals surface area contributed by atoms with E-state index in [1.165, 1.54) is 17.2 Å². The number of hydrogen-bond donors (Lipinski definition) is 0. The van der Waals surface area contributed by atoms with E-state index in [9.17, 15) is 17.6 Å². The fourth-order valence-electron chi connectivity index (χ4n) is 3.99. The smallest absolute Gasteiger partial charge is 0.403 e. The number of benzene rings is 2. The fourth-order valence-corrected chi connectivity index (χ4v) is 3.99. The van der Waals surface area contributed by atoms with Crippen molar-refractivity contribution in [1.82, 2.24) is 0 Å². The van der Waals surface area contributed by atoms with Gasteiger partial charge >= 0.3 is 6.36 Å². The first-order chi connectivity index (χ1) is 14.8. The molecule has 31 heavy (non-hydrogen) atoms. The molecule has 1 nitrogen and oxygen atoms in total. The zero-order valence-electron chi connectivity index (χ0n) is 17.5. The van der Waals surface area contributed by atoms with Gasteiger partial charge in [0.15, 0.2) is 11.6 Å². The van der Waals surface area contributed by atoms with Gasteiger partial charge in [0, 0.05) is 5.56 Å². The molecule has 0 heterocycles. The molecule has 5 heteroatoms. The number of halogens is 4. The Bertz CT molecular complexity index is 940. The summed E-state index contributed by atoms with van der Waals surface area (Å²) in [7, 11) is 0. The van der Waals surface area contributed by atoms with Crippen LogP contribution in [0.2, 0.25) is 0 Å². The van der Waals surface area contributed by atoms with Crippen molar-refractivity contribution in [2.24, 2.45) is 5.92 Å². The Hall–Kier alpha value is -2.74. The summed E-state index contributed by atoms with van der Waals surface area (Å²) in [6.45, 7) is 2.19. The summed E-state index contributed by atoms with van der Waals surface area (Å²) >= 11 is 0. The van der Waals surface area contributed by atoms with E-state index in [0.29, 0.717) is 17.4 Å². The van der Waals surface area contributed by atoms with Gasteiger partial charge in [0.25, 0.3) is 0 Å². The van der Waals surface area contributed by atoms with E-state index in [4.69, 9.17) is 0 Å². The maximum Gasteiger partial charge on any atom is 0.573 e. The van der Waals surface area contributed by atoms with Crippen LogP contribution in [0.4, 0.5) is 17.6 Å². The van der Waals surface area contributed by atoms with Gasteiger partial charge in [-0.2, -0.15) is 0 Å². The third-order valence-corrected chi connectivity index (χ3v) is 5.59. The van der Waals surface area contributed by atoms with Crippen LogP contribution in [-0.2, 0) is 6.42 Å². The van der Waals surface area contributed by atoms with E-state index >= 15 is 0 Å². The molecular formula is C26H26F4O. The van der Waals surface area contributed by atoms with E-state index in [2.05, 4.69) is 53.8 Å². The van der Waals surface area contributed by atoms with Crippen molar-refractivity contribution in [1.29, 1.82) is 0 Å². The summed E-state index contributed by atoms with van der Waals surface area (Å²) in [4.78, 5) is 0. The lowest BCUT2D eigenvalue weighted by atomic mass is 9.78. The number of allylic oxidation sites excluding steroid dienone is 2. The van der Waals surface area contributed by atoms with E-state index in [1.807, 2.05) is 0 Å². The fraction of sp³-hybridized carbons (Fsp3) is 0.385. The first-order valence-electron chi connectivity index (χ1n) is 10.7. The normalized spacial score (nSPS) is 19.1. The molecule has 0 N–H and O–H groups in total. The zero-order valence-corrected chi connectivity index (χ0v) is 17.5. The predicted molar refractivity (Wildman–Crippen MR) is 114 cm³/mol. The molecule has 1 saturated carbocycles. The number of ether oxygens (including phenoxy) is 1. The topological polar surface area (TPSA) is 9.23 Å². The van der Waals surface area contributed by atoms with Crippen LogP contribution < -0.4 is 4.74 Å². The molecule has 3 rings (SSSR count). The van der Waals surface area contributed by atoms with E-state index in [-0.39, 0.29) is 0 Å². The summed E-state index contributed by atoms with van der Waals surface area (Å²) in [6.07, 6.45) is 5.66. The third kappa shape index (κ3) is 7.17. The molecule has 164 valence electrons. The SMILES string of the molecule is CCCc1ccc(C2CCC(/C=C/C#Cc3ccc(OC(F)(F)F)c(F)c3)CC2)cc1. The highest BCUT2D eigenvalue weighted by Gasteiger charge is 2.32. The number of hydrogen-bond acceptors (Lipinski definition) is 1. The summed E-state index contributed by atoms with van der Waals surface area (Å²) in [6, 6.07) is 12.2. The van der Waals surface area contributed by atoms with Crippen molar-refractivity contribution < 1.29 is 22.3 Å². The minimum Gasteiger partial charge on any atom is -0.403 e. The molecule has 0 atom stereocenters. The van der Waals surface area contributed by atoms with Gasteiger partial charge in [-0.3, -0.25) is 0 Å². The van der Waals surface area contributed by atoms with Gasteiger partial charge in [0.2, 0.25) is 0 Å². The van der Waals surface area contributed by atoms with Crippen molar-refractivity contribution in [3.05, 3.63) is 77.1 Å². The summed E-state index contributed by atoms with van der Waals surface area (Å²) < 4.78 is 53.9. The van der Waals surface area contributed by atoms with Crippen LogP contribution >= 0.6 is 0 Å². The Balaban J connectivity index is 1.50. The summed E-state index contributed by atoms with van der Waals surface area (Å²) in [5, 5.41) is 0. The van der Waals surface area contributed by atoms with E-state index in [0.717, 1.165) is 50.7 Å². The largest absolute Gasteiger partial charge is 0.573 e. The van der Waals surface area contributed by atoms with Gasteiger partial charge in [-0.15, -0.1) is 13.2 Å². The van der Waals surface area contributed by atoms with Crippen LogP contribution in [0.25, 0.3) is 0 Å². The van der Waals surface area contributed by atoms with Gasteiger partial charge < -0.3 is 4.74 Å². The Morgan fingerprint density at radius 2 is 1.74 bits per heavy atom. The Morgan fingerprint density at radius 3 is 2.35 bits per heavy atom. The second kappa shape index (κ2) is 10.5. The molecule has 0 aromatic heterocycles. The maximum absolute atomic E-state index is 13.7. The average molecular weight is 430 g/mol. The lowest BCUT2D eigenvalue weighted by Gasteiger charge is -2.27. The van der Waals surface area contributed by atoms with Gasteiger partial charge in [0.05, 0.1) is 0 Å². The second-order valence-corrected chi connectivity index (χ2v) is 7.92. The van der Waals surface area contributed by atoms with Crippen LogP contribution in [0, 0.1) is 23.6 Å². The predicted octanol–water partition coefficient (Wildman–Crippen LogP) is 7.56. The molecule has 1 fully saturated rings. The molecular weight excluding hydrogens is 404 g/mol. The minimum absolute atomic E-state index is 0.298. The number of rotatable bonds is 5. The van der Waals surface area contributed by atoms with E-state index in [1.54, 1.807) is 6.08 Å². The molecule has 0 amide bonds. The summed E-state index contributed by atoms with van der Waals surface area (Å²) in [5.41, 5.74) is 3.11. The van der Waals surface area contributed by atoms with Crippen molar-refractivity contribution in [2.45, 2.75) is 57.7 Å². The zero-order chi connectivity index (χ0) is 22.3. The molecule has 2 aromatic rings. The molecule has 0 saturated heterocycles. The molecule has 2 aromatic carbocycles. The number of aryl methyl sites for hydroxylation is 1. The van der Waals surface area contributed by atoms with Crippen molar-refractivity contribution in [3.8, 4) is 17.6 Å². The van der Waals surface area contributed by atoms with Crippen LogP contribution in [0.5, 0.6) is 5.75 Å². The standard InChI is InChI=1S/C26H26F4O/c1-2-5-19-8-13-22(14-9-19)23-15-10-20(11-16-23)6-3-4-7-21-12-17-25(24(27)18-21)31-26(28,29)30/h3,6,8-9,12-14,17-18,20,23H,2,5,10-11,15-16H2,1H3/b6-3+. The van der Waals surface area contributed by atoms with Gasteiger partial charge in [-0.25, -0.2) is 4.39 Å². The quantitative estimate of drug-likeness (QED) is 0.351. The first-order valence-corrected chi connectivity index (χ1v) is 10.7. The second-order valence-electron chi connectivity index (χ2n) is 7.92. The van der Waals surface area contributed by atoms with Gasteiger partial charge in [-0.1, -0.05) is 55.5 Å². The van der Waals surface area contributed by atoms with Gasteiger partial charge in [0.1, 0.15) is 0 Å². The van der Waals surface area contributed by atoms with Gasteiger partial charge in [-0.05, 0) is 79.3 Å². The molecule has 0 spiro atoms. The number of alkyl halides is 3. The molecule has 1 aliphatic carbocycles. The first kappa shape index (κ1) is 22.9. The monoisotopic (exact) mass is 430 g/mol. The van der Waals surface area contributed by atoms with Crippen molar-refractivity contribution >= 4 is 0 Å². The lowest BCUT2D eigenvalue weighted by Crippen LogP contribution is -2.17. The van der Waals surface area contributed by atoms with Crippen LogP contribution in [-0.4, -0.2) is 6.36 Å². The molecule has 0 radical (unpaired) electrons. The molecule has 1 aliphatic rings. The highest BCUT2D eigenvalue weighted by molar-refractivity contribution is 5.41. The molecule has 0 unspecified atom stereocenters. The summed E-state index contributed by atoms with van der Waals surface area (Å²) in [5.74, 6) is 4.72. The maximum atomic E-state index is 13.7. The highest BCUT2D eigenvalue weighted by atomic mass is 19.4. The third-order valence-electron chi connectivity index (χ3n) is 5.59. The Kier molecular flexibility index (Phi) is 7.79. The van der Waals surface area contributed by atoms with E-state index < -0.39 is 17.9 Å². The Labute approximate surface area is 181 Å². The lowest BCUT2D eigenvalue weighted by molar-refractivity contribution is -0.275. The van der Waals surface area contributed by atoms with Crippen LogP contribution in [0.15, 0.2) is 54.6 Å².